The summed E-state index contributed by atoms with van der Waals surface area (Å²) in [5.41, 5.74) is 6.19. The van der Waals surface area contributed by atoms with Crippen molar-refractivity contribution >= 4 is 33.4 Å². The Bertz CT molecular complexity index is 431. The Morgan fingerprint density at radius 2 is 2.11 bits per heavy atom. The largest absolute Gasteiger partial charge is 0.409 e. The molecule has 0 fully saturated rings. The van der Waals surface area contributed by atoms with Gasteiger partial charge in [-0.3, -0.25) is 4.79 Å². The lowest BCUT2D eigenvalue weighted by molar-refractivity contribution is -0.118. The van der Waals surface area contributed by atoms with Gasteiger partial charge in [0, 0.05) is 10.2 Å². The van der Waals surface area contributed by atoms with E-state index in [2.05, 4.69) is 26.4 Å². The number of rotatable bonds is 5. The molecule has 5 nitrogen and oxygen atoms in total. The smallest absolute Gasteiger partial charge is 0.235 e. The van der Waals surface area contributed by atoms with Crippen LogP contribution in [0.4, 0.5) is 5.69 Å². The number of nitrogens with one attached hydrogen (secondary N) is 1. The highest BCUT2D eigenvalue weighted by molar-refractivity contribution is 9.10. The molecule has 0 saturated heterocycles. The van der Waals surface area contributed by atoms with E-state index in [1.807, 2.05) is 19.1 Å². The Labute approximate surface area is 114 Å². The molecule has 1 amide bonds. The molecule has 0 aromatic heterocycles. The van der Waals surface area contributed by atoms with Gasteiger partial charge < -0.3 is 16.3 Å². The van der Waals surface area contributed by atoms with Crippen LogP contribution in [0.5, 0.6) is 0 Å². The first-order valence-corrected chi connectivity index (χ1v) is 6.41. The average molecular weight is 314 g/mol. The molecule has 0 saturated carbocycles. The molecular formula is C12H16BrN3O2. The van der Waals surface area contributed by atoms with Gasteiger partial charge in [-0.15, -0.1) is 0 Å². The molecule has 1 aromatic rings. The second kappa shape index (κ2) is 7.00. The van der Waals surface area contributed by atoms with Crippen molar-refractivity contribution in [3.63, 3.8) is 0 Å². The van der Waals surface area contributed by atoms with Crippen LogP contribution in [-0.4, -0.2) is 17.0 Å². The van der Waals surface area contributed by atoms with Crippen molar-refractivity contribution in [1.29, 1.82) is 0 Å². The van der Waals surface area contributed by atoms with Crippen LogP contribution in [0.25, 0.3) is 0 Å². The molecule has 0 aliphatic rings. The predicted molar refractivity (Wildman–Crippen MR) is 74.6 cm³/mol. The molecule has 0 spiro atoms. The summed E-state index contributed by atoms with van der Waals surface area (Å²) in [5.74, 6) is -0.940. The quantitative estimate of drug-likeness (QED) is 0.338. The molecule has 0 aliphatic carbocycles. The minimum atomic E-state index is -0.608. The van der Waals surface area contributed by atoms with Crippen LogP contribution < -0.4 is 11.1 Å². The van der Waals surface area contributed by atoms with Crippen LogP contribution in [0, 0.1) is 5.92 Å². The Hall–Kier alpha value is -1.56. The first-order chi connectivity index (χ1) is 8.58. The van der Waals surface area contributed by atoms with Gasteiger partial charge in [-0.25, -0.2) is 0 Å². The number of carbonyl (C=O) groups excluding carboxylic acids is 1. The van der Waals surface area contributed by atoms with Crippen LogP contribution in [-0.2, 0) is 4.79 Å². The number of benzene rings is 1. The number of carbonyl (C=O) groups is 1. The second-order valence-corrected chi connectivity index (χ2v) is 4.78. The van der Waals surface area contributed by atoms with E-state index < -0.39 is 5.92 Å². The zero-order valence-corrected chi connectivity index (χ0v) is 11.6. The highest BCUT2D eigenvalue weighted by Gasteiger charge is 2.22. The summed E-state index contributed by atoms with van der Waals surface area (Å²) in [5, 5.41) is 14.3. The zero-order valence-electron chi connectivity index (χ0n) is 10.1. The fraction of sp³-hybridized carbons (Fsp3) is 0.333. The van der Waals surface area contributed by atoms with Gasteiger partial charge in [0.2, 0.25) is 5.91 Å². The van der Waals surface area contributed by atoms with Crippen LogP contribution in [0.2, 0.25) is 0 Å². The fourth-order valence-corrected chi connectivity index (χ4v) is 1.80. The maximum atomic E-state index is 12.0. The molecule has 1 aromatic carbocycles. The molecule has 0 heterocycles. The third kappa shape index (κ3) is 4.03. The SMILES string of the molecule is CCCC(C(=O)Nc1ccc(Br)cc1)/C(N)=N/O. The number of anilines is 1. The van der Waals surface area contributed by atoms with E-state index >= 15 is 0 Å². The summed E-state index contributed by atoms with van der Waals surface area (Å²) in [7, 11) is 0. The number of halogens is 1. The van der Waals surface area contributed by atoms with E-state index in [0.717, 1.165) is 10.9 Å². The molecular weight excluding hydrogens is 298 g/mol. The van der Waals surface area contributed by atoms with Crippen LogP contribution in [0.3, 0.4) is 0 Å². The van der Waals surface area contributed by atoms with E-state index in [0.29, 0.717) is 12.1 Å². The summed E-state index contributed by atoms with van der Waals surface area (Å²) >= 11 is 3.32. The number of nitrogens with two attached hydrogens (primary N) is 1. The van der Waals surface area contributed by atoms with Gasteiger partial charge in [-0.1, -0.05) is 34.4 Å². The molecule has 4 N–H and O–H groups in total. The van der Waals surface area contributed by atoms with Crippen molar-refractivity contribution in [3.8, 4) is 0 Å². The van der Waals surface area contributed by atoms with Crippen molar-refractivity contribution in [2.75, 3.05) is 5.32 Å². The van der Waals surface area contributed by atoms with Crippen molar-refractivity contribution in [2.45, 2.75) is 19.8 Å². The Kier molecular flexibility index (Phi) is 5.64. The fourth-order valence-electron chi connectivity index (χ4n) is 1.53. The molecule has 1 unspecified atom stereocenters. The first kappa shape index (κ1) is 14.5. The summed E-state index contributed by atoms with van der Waals surface area (Å²) in [4.78, 5) is 12.0. The van der Waals surface area contributed by atoms with E-state index in [-0.39, 0.29) is 11.7 Å². The number of nitrogens with zero attached hydrogens (tertiary/aromatic N) is 1. The standard InChI is InChI=1S/C12H16BrN3O2/c1-2-3-10(11(14)16-18)12(17)15-9-6-4-8(13)5-7-9/h4-7,10,18H,2-3H2,1H3,(H2,14,16)(H,15,17). The third-order valence-corrected chi connectivity index (χ3v) is 3.01. The molecule has 18 heavy (non-hydrogen) atoms. The second-order valence-electron chi connectivity index (χ2n) is 3.86. The number of amides is 1. The molecule has 1 atom stereocenters. The Morgan fingerprint density at radius 3 is 2.61 bits per heavy atom. The average Bonchev–Trinajstić information content (AvgIpc) is 2.37. The monoisotopic (exact) mass is 313 g/mol. The van der Waals surface area contributed by atoms with Crippen LogP contribution >= 0.6 is 15.9 Å². The van der Waals surface area contributed by atoms with E-state index in [1.165, 1.54) is 0 Å². The van der Waals surface area contributed by atoms with Crippen molar-refractivity contribution in [2.24, 2.45) is 16.8 Å². The number of oxime groups is 1. The first-order valence-electron chi connectivity index (χ1n) is 5.62. The molecule has 0 bridgehead atoms. The third-order valence-electron chi connectivity index (χ3n) is 2.48. The molecule has 1 rings (SSSR count). The lowest BCUT2D eigenvalue weighted by atomic mass is 10.0. The maximum Gasteiger partial charge on any atom is 0.235 e. The Morgan fingerprint density at radius 1 is 1.50 bits per heavy atom. The molecule has 6 heteroatoms. The van der Waals surface area contributed by atoms with E-state index in [9.17, 15) is 4.79 Å². The van der Waals surface area contributed by atoms with E-state index in [1.54, 1.807) is 12.1 Å². The van der Waals surface area contributed by atoms with Gasteiger partial charge in [-0.2, -0.15) is 0 Å². The van der Waals surface area contributed by atoms with Crippen molar-refractivity contribution in [3.05, 3.63) is 28.7 Å². The number of amidine groups is 1. The lowest BCUT2D eigenvalue weighted by Crippen LogP contribution is -2.34. The summed E-state index contributed by atoms with van der Waals surface area (Å²) in [6.07, 6.45) is 1.31. The normalized spacial score (nSPS) is 13.1. The van der Waals surface area contributed by atoms with Crippen LogP contribution in [0.1, 0.15) is 19.8 Å². The molecule has 0 aliphatic heterocycles. The highest BCUT2D eigenvalue weighted by Crippen LogP contribution is 2.16. The topological polar surface area (TPSA) is 87.7 Å². The minimum absolute atomic E-state index is 0.0635. The summed E-state index contributed by atoms with van der Waals surface area (Å²) in [6.45, 7) is 1.94. The lowest BCUT2D eigenvalue weighted by Gasteiger charge is -2.14. The van der Waals surface area contributed by atoms with Gasteiger partial charge in [0.1, 0.15) is 0 Å². The molecule has 0 radical (unpaired) electrons. The van der Waals surface area contributed by atoms with Gasteiger partial charge in [0.15, 0.2) is 5.84 Å². The predicted octanol–water partition coefficient (Wildman–Crippen LogP) is 2.55. The Balaban J connectivity index is 2.75. The van der Waals surface area contributed by atoms with Crippen LogP contribution in [0.15, 0.2) is 33.9 Å². The number of hydrogen-bond donors (Lipinski definition) is 3. The van der Waals surface area contributed by atoms with Crippen molar-refractivity contribution in [1.82, 2.24) is 0 Å². The van der Waals surface area contributed by atoms with Gasteiger partial charge in [-0.05, 0) is 30.7 Å². The number of hydrogen-bond acceptors (Lipinski definition) is 3. The zero-order chi connectivity index (χ0) is 13.5. The van der Waals surface area contributed by atoms with Gasteiger partial charge in [0.05, 0.1) is 5.92 Å². The van der Waals surface area contributed by atoms with Crippen molar-refractivity contribution < 1.29 is 10.0 Å². The van der Waals surface area contributed by atoms with Gasteiger partial charge >= 0.3 is 0 Å². The summed E-state index contributed by atoms with van der Waals surface area (Å²) < 4.78 is 0.932. The molecule has 98 valence electrons. The van der Waals surface area contributed by atoms with E-state index in [4.69, 9.17) is 10.9 Å². The minimum Gasteiger partial charge on any atom is -0.409 e. The highest BCUT2D eigenvalue weighted by atomic mass is 79.9. The maximum absolute atomic E-state index is 12.0. The summed E-state index contributed by atoms with van der Waals surface area (Å²) in [6, 6.07) is 7.20. The van der Waals surface area contributed by atoms with Gasteiger partial charge in [0.25, 0.3) is 0 Å².